The number of nitrogens with zero attached hydrogens (tertiary/aromatic N) is 2. The number of hydrogen-bond acceptors (Lipinski definition) is 4. The van der Waals surface area contributed by atoms with Gasteiger partial charge in [0.2, 0.25) is 0 Å². The van der Waals surface area contributed by atoms with Crippen molar-refractivity contribution in [3.05, 3.63) is 95.0 Å². The summed E-state index contributed by atoms with van der Waals surface area (Å²) in [7, 11) is 0. The molecule has 3 aromatic carbocycles. The van der Waals surface area contributed by atoms with E-state index in [0.717, 1.165) is 36.1 Å². The number of anilines is 1. The summed E-state index contributed by atoms with van der Waals surface area (Å²) in [5.74, 6) is -0.371. The molecule has 0 radical (unpaired) electrons. The van der Waals surface area contributed by atoms with Crippen LogP contribution in [0.15, 0.2) is 78.9 Å². The Hall–Kier alpha value is -3.77. The Labute approximate surface area is 241 Å². The summed E-state index contributed by atoms with van der Waals surface area (Å²) in [6, 6.07) is 22.7. The SMILES string of the molecule is CCCCC1(C)C=C(c2ccccc2Cl)N(C(=O)O)CN1c1ccc(-c2ccccc2C(=O)OC(C)(C)C)cc1. The Balaban J connectivity index is 1.74. The maximum absolute atomic E-state index is 12.9. The van der Waals surface area contributed by atoms with E-state index in [1.54, 1.807) is 12.1 Å². The van der Waals surface area contributed by atoms with Crippen LogP contribution < -0.4 is 4.90 Å². The number of halogens is 1. The second-order valence-corrected chi connectivity index (χ2v) is 11.8. The third kappa shape index (κ3) is 6.34. The van der Waals surface area contributed by atoms with Gasteiger partial charge in [-0.15, -0.1) is 0 Å². The van der Waals surface area contributed by atoms with Crippen LogP contribution in [0.25, 0.3) is 16.8 Å². The normalized spacial score (nSPS) is 17.4. The van der Waals surface area contributed by atoms with Gasteiger partial charge in [-0.1, -0.05) is 79.9 Å². The number of carboxylic acid groups (broad SMARTS) is 1. The largest absolute Gasteiger partial charge is 0.465 e. The van der Waals surface area contributed by atoms with Gasteiger partial charge in [0.05, 0.1) is 16.8 Å². The minimum Gasteiger partial charge on any atom is -0.465 e. The lowest BCUT2D eigenvalue weighted by molar-refractivity contribution is 0.00703. The molecule has 1 aliphatic rings. The van der Waals surface area contributed by atoms with Gasteiger partial charge in [-0.3, -0.25) is 4.90 Å². The van der Waals surface area contributed by atoms with Gasteiger partial charge >= 0.3 is 12.1 Å². The van der Waals surface area contributed by atoms with Crippen molar-refractivity contribution in [3.63, 3.8) is 0 Å². The first-order valence-corrected chi connectivity index (χ1v) is 14.0. The molecule has 6 nitrogen and oxygen atoms in total. The maximum Gasteiger partial charge on any atom is 0.413 e. The number of carbonyl (C=O) groups is 2. The molecular formula is C33H37ClN2O4. The summed E-state index contributed by atoms with van der Waals surface area (Å²) in [4.78, 5) is 28.9. The molecule has 1 aliphatic heterocycles. The van der Waals surface area contributed by atoms with Crippen LogP contribution in [0, 0.1) is 0 Å². The van der Waals surface area contributed by atoms with Crippen molar-refractivity contribution in [2.75, 3.05) is 11.6 Å². The maximum atomic E-state index is 12.9. The molecule has 0 aliphatic carbocycles. The number of hydrogen-bond donors (Lipinski definition) is 1. The highest BCUT2D eigenvalue weighted by Gasteiger charge is 2.39. The highest BCUT2D eigenvalue weighted by atomic mass is 35.5. The number of ether oxygens (including phenoxy) is 1. The highest BCUT2D eigenvalue weighted by molar-refractivity contribution is 6.32. The zero-order chi connectivity index (χ0) is 29.1. The van der Waals surface area contributed by atoms with Gasteiger partial charge in [-0.25, -0.2) is 9.59 Å². The molecular weight excluding hydrogens is 524 g/mol. The summed E-state index contributed by atoms with van der Waals surface area (Å²) in [6.45, 7) is 9.99. The van der Waals surface area contributed by atoms with Crippen LogP contribution in [0.3, 0.4) is 0 Å². The molecule has 210 valence electrons. The lowest BCUT2D eigenvalue weighted by Crippen LogP contribution is -2.55. The number of carbonyl (C=O) groups excluding carboxylic acids is 1. The van der Waals surface area contributed by atoms with Crippen LogP contribution in [0.4, 0.5) is 10.5 Å². The van der Waals surface area contributed by atoms with Crippen LogP contribution in [-0.4, -0.2) is 39.9 Å². The third-order valence-corrected chi connectivity index (χ3v) is 7.42. The second kappa shape index (κ2) is 11.8. The van der Waals surface area contributed by atoms with Crippen molar-refractivity contribution < 1.29 is 19.4 Å². The van der Waals surface area contributed by atoms with Crippen LogP contribution in [0.1, 0.15) is 69.8 Å². The highest BCUT2D eigenvalue weighted by Crippen LogP contribution is 2.40. The predicted molar refractivity (Wildman–Crippen MR) is 162 cm³/mol. The van der Waals surface area contributed by atoms with E-state index in [9.17, 15) is 14.7 Å². The zero-order valence-electron chi connectivity index (χ0n) is 23.8. The van der Waals surface area contributed by atoms with Gasteiger partial charge in [-0.05, 0) is 75.6 Å². The topological polar surface area (TPSA) is 70.1 Å². The van der Waals surface area contributed by atoms with E-state index in [2.05, 4.69) is 18.7 Å². The Morgan fingerprint density at radius 1 is 0.975 bits per heavy atom. The summed E-state index contributed by atoms with van der Waals surface area (Å²) < 4.78 is 5.63. The number of rotatable bonds is 7. The molecule has 0 fully saturated rings. The average Bonchev–Trinajstić information content (AvgIpc) is 2.91. The summed E-state index contributed by atoms with van der Waals surface area (Å²) in [5.41, 5.74) is 3.28. The first-order valence-electron chi connectivity index (χ1n) is 13.6. The lowest BCUT2D eigenvalue weighted by Gasteiger charge is -2.48. The standard InChI is InChI=1S/C33H37ClN2O4/c1-6-7-20-33(5)21-29(27-14-10-11-15-28(27)34)35(31(38)39)22-36(33)24-18-16-23(17-19-24)25-12-8-9-13-26(25)30(37)40-32(2,3)4/h8-19,21H,6-7,20,22H2,1-5H3,(H,38,39). The molecule has 40 heavy (non-hydrogen) atoms. The Morgan fingerprint density at radius 2 is 1.60 bits per heavy atom. The van der Waals surface area contributed by atoms with E-state index in [0.29, 0.717) is 21.8 Å². The van der Waals surface area contributed by atoms with Gasteiger partial charge in [0.15, 0.2) is 0 Å². The molecule has 4 rings (SSSR count). The van der Waals surface area contributed by atoms with E-state index in [1.165, 1.54) is 4.90 Å². The fourth-order valence-corrected chi connectivity index (χ4v) is 5.30. The zero-order valence-corrected chi connectivity index (χ0v) is 24.5. The van der Waals surface area contributed by atoms with Crippen LogP contribution in [0.5, 0.6) is 0 Å². The van der Waals surface area contributed by atoms with Gasteiger partial charge < -0.3 is 14.7 Å². The molecule has 1 amide bonds. The molecule has 7 heteroatoms. The Bertz CT molecular complexity index is 1410. The van der Waals surface area contributed by atoms with Crippen molar-refractivity contribution >= 4 is 35.0 Å². The van der Waals surface area contributed by atoms with Crippen molar-refractivity contribution in [2.24, 2.45) is 0 Å². The first kappa shape index (κ1) is 29.2. The molecule has 0 bridgehead atoms. The van der Waals surface area contributed by atoms with Gasteiger partial charge in [-0.2, -0.15) is 0 Å². The number of benzene rings is 3. The molecule has 1 heterocycles. The minimum atomic E-state index is -1.04. The Kier molecular flexibility index (Phi) is 8.59. The van der Waals surface area contributed by atoms with Crippen molar-refractivity contribution in [3.8, 4) is 11.1 Å². The van der Waals surface area contributed by atoms with Crippen LogP contribution in [0.2, 0.25) is 5.02 Å². The predicted octanol–water partition coefficient (Wildman–Crippen LogP) is 8.71. The van der Waals surface area contributed by atoms with E-state index < -0.39 is 17.2 Å². The van der Waals surface area contributed by atoms with Gasteiger partial charge in [0, 0.05) is 16.3 Å². The first-order chi connectivity index (χ1) is 18.9. The van der Waals surface area contributed by atoms with E-state index in [4.69, 9.17) is 16.3 Å². The molecule has 0 saturated carbocycles. The number of esters is 1. The van der Waals surface area contributed by atoms with Gasteiger partial charge in [0.25, 0.3) is 0 Å². The fraction of sp³-hybridized carbons (Fsp3) is 0.333. The van der Waals surface area contributed by atoms with Crippen molar-refractivity contribution in [1.82, 2.24) is 4.90 Å². The van der Waals surface area contributed by atoms with Crippen molar-refractivity contribution in [1.29, 1.82) is 0 Å². The van der Waals surface area contributed by atoms with E-state index in [1.807, 2.05) is 87.5 Å². The Morgan fingerprint density at radius 3 is 2.20 bits per heavy atom. The summed E-state index contributed by atoms with van der Waals surface area (Å²) in [5, 5.41) is 10.7. The third-order valence-electron chi connectivity index (χ3n) is 7.09. The second-order valence-electron chi connectivity index (χ2n) is 11.3. The summed E-state index contributed by atoms with van der Waals surface area (Å²) in [6.07, 6.45) is 3.83. The smallest absolute Gasteiger partial charge is 0.413 e. The number of amides is 1. The minimum absolute atomic E-state index is 0.153. The molecule has 1 N–H and O–H groups in total. The molecule has 1 unspecified atom stereocenters. The molecule has 3 aromatic rings. The van der Waals surface area contributed by atoms with Crippen LogP contribution >= 0.6 is 11.6 Å². The molecule has 1 atom stereocenters. The monoisotopic (exact) mass is 560 g/mol. The fourth-order valence-electron chi connectivity index (χ4n) is 5.07. The van der Waals surface area contributed by atoms with Crippen LogP contribution in [-0.2, 0) is 4.74 Å². The van der Waals surface area contributed by atoms with Crippen molar-refractivity contribution in [2.45, 2.75) is 65.0 Å². The van der Waals surface area contributed by atoms with E-state index >= 15 is 0 Å². The summed E-state index contributed by atoms with van der Waals surface area (Å²) >= 11 is 6.52. The van der Waals surface area contributed by atoms with E-state index in [-0.39, 0.29) is 12.6 Å². The molecule has 0 spiro atoms. The lowest BCUT2D eigenvalue weighted by atomic mass is 9.87. The average molecular weight is 561 g/mol. The number of unbranched alkanes of at least 4 members (excludes halogenated alkanes) is 1. The quantitative estimate of drug-likeness (QED) is 0.293. The molecule has 0 saturated heterocycles. The van der Waals surface area contributed by atoms with Gasteiger partial charge in [0.1, 0.15) is 12.3 Å². The molecule has 0 aromatic heterocycles.